The molecule has 4 heterocycles. The van der Waals surface area contributed by atoms with Gasteiger partial charge in [-0.05, 0) is 31.4 Å². The summed E-state index contributed by atoms with van der Waals surface area (Å²) >= 11 is 0. The summed E-state index contributed by atoms with van der Waals surface area (Å²) in [5, 5.41) is 3.87. The molecular weight excluding hydrogens is 320 g/mol. The summed E-state index contributed by atoms with van der Waals surface area (Å²) in [6, 6.07) is 3.65. The molecule has 4 rings (SSSR count). The lowest BCUT2D eigenvalue weighted by Gasteiger charge is -2.30. The van der Waals surface area contributed by atoms with Gasteiger partial charge < -0.3 is 14.6 Å². The van der Waals surface area contributed by atoms with Crippen LogP contribution in [-0.2, 0) is 4.79 Å². The van der Waals surface area contributed by atoms with E-state index in [4.69, 9.17) is 4.42 Å². The molecule has 2 aliphatic heterocycles. The van der Waals surface area contributed by atoms with Crippen molar-refractivity contribution in [2.45, 2.75) is 25.8 Å². The Morgan fingerprint density at radius 2 is 2.20 bits per heavy atom. The molecule has 2 aromatic heterocycles. The summed E-state index contributed by atoms with van der Waals surface area (Å²) in [5.41, 5.74) is 0.930. The third kappa shape index (κ3) is 3.11. The maximum absolute atomic E-state index is 12.6. The Kier molecular flexibility index (Phi) is 3.95. The quantitative estimate of drug-likeness (QED) is 0.917. The number of hydrogen-bond acceptors (Lipinski definition) is 5. The summed E-state index contributed by atoms with van der Waals surface area (Å²) in [4.78, 5) is 32.1. The predicted octanol–water partition coefficient (Wildman–Crippen LogP) is 1.63. The van der Waals surface area contributed by atoms with Crippen molar-refractivity contribution < 1.29 is 14.0 Å². The van der Waals surface area contributed by atoms with Crippen LogP contribution in [0.2, 0.25) is 0 Å². The van der Waals surface area contributed by atoms with Crippen LogP contribution in [0.1, 0.15) is 30.3 Å². The molecule has 2 amide bonds. The van der Waals surface area contributed by atoms with E-state index in [2.05, 4.69) is 15.2 Å². The lowest BCUT2D eigenvalue weighted by atomic mass is 9.97. The molecule has 0 spiro atoms. The number of carbonyl (C=O) groups is 2. The molecule has 7 heteroatoms. The van der Waals surface area contributed by atoms with Crippen LogP contribution in [0, 0.1) is 5.92 Å². The second kappa shape index (κ2) is 6.15. The summed E-state index contributed by atoms with van der Waals surface area (Å²) < 4.78 is 5.62. The third-order valence-corrected chi connectivity index (χ3v) is 5.23. The van der Waals surface area contributed by atoms with Gasteiger partial charge in [-0.2, -0.15) is 0 Å². The first kappa shape index (κ1) is 16.1. The predicted molar refractivity (Wildman–Crippen MR) is 93.5 cm³/mol. The van der Waals surface area contributed by atoms with E-state index in [1.165, 1.54) is 24.4 Å². The largest absolute Gasteiger partial charge is 0.438 e. The van der Waals surface area contributed by atoms with E-state index in [1.807, 2.05) is 0 Å². The minimum absolute atomic E-state index is 0.119. The number of furan rings is 1. The number of hydrogen-bond donors (Lipinski definition) is 1. The Balaban J connectivity index is 1.50. The number of pyridine rings is 1. The van der Waals surface area contributed by atoms with Crippen molar-refractivity contribution in [2.24, 2.45) is 5.92 Å². The fraction of sp³-hybridized carbons (Fsp3) is 0.500. The van der Waals surface area contributed by atoms with Gasteiger partial charge in [0.2, 0.25) is 11.8 Å². The van der Waals surface area contributed by atoms with Crippen molar-refractivity contribution in [3.63, 3.8) is 0 Å². The van der Waals surface area contributed by atoms with Crippen LogP contribution in [0.15, 0.2) is 22.7 Å². The van der Waals surface area contributed by atoms with Gasteiger partial charge in [0.1, 0.15) is 5.69 Å². The smallest absolute Gasteiger partial charge is 0.270 e. The maximum Gasteiger partial charge on any atom is 0.270 e. The van der Waals surface area contributed by atoms with Gasteiger partial charge in [0.25, 0.3) is 5.91 Å². The van der Waals surface area contributed by atoms with Crippen molar-refractivity contribution in [1.82, 2.24) is 15.2 Å². The van der Waals surface area contributed by atoms with E-state index in [0.29, 0.717) is 23.1 Å². The minimum Gasteiger partial charge on any atom is -0.438 e. The molecule has 2 saturated heterocycles. The highest BCUT2D eigenvalue weighted by molar-refractivity contribution is 5.97. The molecule has 2 aromatic rings. The summed E-state index contributed by atoms with van der Waals surface area (Å²) in [5.74, 6) is 0.871. The van der Waals surface area contributed by atoms with E-state index in [-0.39, 0.29) is 17.9 Å². The third-order valence-electron chi connectivity index (χ3n) is 5.23. The Hall–Kier alpha value is -2.41. The van der Waals surface area contributed by atoms with Crippen LogP contribution in [0.4, 0.5) is 5.88 Å². The second-order valence-corrected chi connectivity index (χ2v) is 7.09. The molecule has 7 nitrogen and oxygen atoms in total. The van der Waals surface area contributed by atoms with Crippen molar-refractivity contribution in [3.05, 3.63) is 24.0 Å². The maximum atomic E-state index is 12.6. The molecule has 2 aliphatic rings. The Morgan fingerprint density at radius 3 is 2.96 bits per heavy atom. The highest BCUT2D eigenvalue weighted by Gasteiger charge is 2.33. The van der Waals surface area contributed by atoms with E-state index >= 15 is 0 Å². The van der Waals surface area contributed by atoms with Crippen molar-refractivity contribution in [3.8, 4) is 0 Å². The molecule has 1 unspecified atom stereocenters. The van der Waals surface area contributed by atoms with Crippen LogP contribution in [-0.4, -0.2) is 54.4 Å². The van der Waals surface area contributed by atoms with Gasteiger partial charge in [0, 0.05) is 44.6 Å². The lowest BCUT2D eigenvalue weighted by Crippen LogP contribution is -2.47. The Bertz CT molecular complexity index is 819. The number of nitrogens with zero attached hydrogens (tertiary/aromatic N) is 3. The van der Waals surface area contributed by atoms with Gasteiger partial charge in [-0.3, -0.25) is 14.5 Å². The summed E-state index contributed by atoms with van der Waals surface area (Å²) in [6.07, 6.45) is 3.82. The monoisotopic (exact) mass is 342 g/mol. The summed E-state index contributed by atoms with van der Waals surface area (Å²) in [6.45, 7) is 4.70. The molecule has 0 aromatic carbocycles. The number of piperidine rings is 1. The fourth-order valence-corrected chi connectivity index (χ4v) is 3.80. The molecule has 2 bridgehead atoms. The zero-order valence-electron chi connectivity index (χ0n) is 14.5. The molecule has 25 heavy (non-hydrogen) atoms. The van der Waals surface area contributed by atoms with E-state index in [1.54, 1.807) is 19.2 Å². The van der Waals surface area contributed by atoms with Gasteiger partial charge in [-0.25, -0.2) is 4.98 Å². The topological polar surface area (TPSA) is 78.7 Å². The number of rotatable bonds is 3. The van der Waals surface area contributed by atoms with Gasteiger partial charge in [0.05, 0.1) is 6.20 Å². The highest BCUT2D eigenvalue weighted by Crippen LogP contribution is 2.28. The molecule has 132 valence electrons. The average Bonchev–Trinajstić information content (AvgIpc) is 3.16. The van der Waals surface area contributed by atoms with Gasteiger partial charge in [0.15, 0.2) is 5.58 Å². The standard InChI is InChI=1S/C18H22N4O3/c1-11(23)21(2)17-7-13-6-15(19-8-16(13)25-17)18(24)20-14-5-12-3-4-22(9-12)10-14/h6-8,12,14H,3-5,9-10H2,1-2H3,(H,20,24)/t12-,14-/m1/s1. The van der Waals surface area contributed by atoms with Gasteiger partial charge in [-0.1, -0.05) is 0 Å². The van der Waals surface area contributed by atoms with Gasteiger partial charge >= 0.3 is 0 Å². The van der Waals surface area contributed by atoms with Crippen molar-refractivity contribution in [2.75, 3.05) is 31.6 Å². The SMILES string of the molecule is CC(=O)N(C)c1cc2cc(C(=O)N[C@@H]3C[C@H]4CCN(C4)C3)ncc2o1. The zero-order valence-corrected chi connectivity index (χ0v) is 14.5. The first-order valence-corrected chi connectivity index (χ1v) is 8.66. The van der Waals surface area contributed by atoms with Crippen LogP contribution in [0.25, 0.3) is 11.0 Å². The number of amides is 2. The first-order chi connectivity index (χ1) is 12.0. The lowest BCUT2D eigenvalue weighted by molar-refractivity contribution is -0.116. The molecule has 3 atom stereocenters. The number of aromatic nitrogens is 1. The van der Waals surface area contributed by atoms with Crippen LogP contribution >= 0.6 is 0 Å². The van der Waals surface area contributed by atoms with E-state index in [0.717, 1.165) is 31.4 Å². The fourth-order valence-electron chi connectivity index (χ4n) is 3.80. The highest BCUT2D eigenvalue weighted by atomic mass is 16.4. The molecule has 2 fully saturated rings. The zero-order chi connectivity index (χ0) is 17.6. The molecule has 1 N–H and O–H groups in total. The molecule has 0 saturated carbocycles. The number of carbonyl (C=O) groups excluding carboxylic acids is 2. The minimum atomic E-state index is -0.155. The number of fused-ring (bicyclic) bond motifs is 3. The van der Waals surface area contributed by atoms with E-state index < -0.39 is 0 Å². The molecular formula is C18H22N4O3. The average molecular weight is 342 g/mol. The van der Waals surface area contributed by atoms with Gasteiger partial charge in [-0.15, -0.1) is 0 Å². The van der Waals surface area contributed by atoms with Crippen LogP contribution < -0.4 is 10.2 Å². The molecule has 0 aliphatic carbocycles. The first-order valence-electron chi connectivity index (χ1n) is 8.66. The van der Waals surface area contributed by atoms with Crippen LogP contribution in [0.5, 0.6) is 0 Å². The normalized spacial score (nSPS) is 25.1. The Labute approximate surface area is 146 Å². The second-order valence-electron chi connectivity index (χ2n) is 7.09. The number of anilines is 1. The summed E-state index contributed by atoms with van der Waals surface area (Å²) in [7, 11) is 1.65. The van der Waals surface area contributed by atoms with Crippen molar-refractivity contribution >= 4 is 28.7 Å². The van der Waals surface area contributed by atoms with Crippen LogP contribution in [0.3, 0.4) is 0 Å². The Morgan fingerprint density at radius 1 is 1.36 bits per heavy atom. The van der Waals surface area contributed by atoms with Crippen molar-refractivity contribution in [1.29, 1.82) is 0 Å². The van der Waals surface area contributed by atoms with E-state index in [9.17, 15) is 9.59 Å². The number of nitrogens with one attached hydrogen (secondary N) is 1. The molecule has 0 radical (unpaired) electrons.